The SMILES string of the molecule is CCCN(C(C)C)S(=O)(=O)c1csc(CCl)c1. The second kappa shape index (κ2) is 6.18. The van der Waals surface area contributed by atoms with Crippen LogP contribution in [0.25, 0.3) is 0 Å². The highest BCUT2D eigenvalue weighted by Crippen LogP contribution is 2.25. The molecule has 17 heavy (non-hydrogen) atoms. The van der Waals surface area contributed by atoms with Crippen LogP contribution in [-0.4, -0.2) is 25.3 Å². The average Bonchev–Trinajstić information content (AvgIpc) is 2.74. The first-order chi connectivity index (χ1) is 7.93. The van der Waals surface area contributed by atoms with E-state index in [1.807, 2.05) is 20.8 Å². The summed E-state index contributed by atoms with van der Waals surface area (Å²) in [6.45, 7) is 6.30. The molecular weight excluding hydrogens is 278 g/mol. The van der Waals surface area contributed by atoms with Crippen molar-refractivity contribution in [3.63, 3.8) is 0 Å². The van der Waals surface area contributed by atoms with Crippen LogP contribution in [0, 0.1) is 0 Å². The van der Waals surface area contributed by atoms with Gasteiger partial charge in [-0.3, -0.25) is 0 Å². The maximum atomic E-state index is 12.4. The summed E-state index contributed by atoms with van der Waals surface area (Å²) in [7, 11) is -3.37. The Hall–Kier alpha value is -0.100. The van der Waals surface area contributed by atoms with Gasteiger partial charge in [0, 0.05) is 22.8 Å². The van der Waals surface area contributed by atoms with Crippen molar-refractivity contribution in [2.45, 2.75) is 44.0 Å². The van der Waals surface area contributed by atoms with E-state index in [9.17, 15) is 8.42 Å². The molecule has 0 aliphatic rings. The summed E-state index contributed by atoms with van der Waals surface area (Å²) in [5.41, 5.74) is 0. The largest absolute Gasteiger partial charge is 0.244 e. The third-order valence-electron chi connectivity index (χ3n) is 2.39. The molecule has 3 nitrogen and oxygen atoms in total. The lowest BCUT2D eigenvalue weighted by Gasteiger charge is -2.24. The molecule has 0 N–H and O–H groups in total. The molecule has 0 aliphatic carbocycles. The predicted molar refractivity (Wildman–Crippen MR) is 73.2 cm³/mol. The molecule has 0 amide bonds. The first kappa shape index (κ1) is 15.0. The average molecular weight is 296 g/mol. The van der Waals surface area contributed by atoms with Gasteiger partial charge in [0.1, 0.15) is 0 Å². The van der Waals surface area contributed by atoms with Gasteiger partial charge >= 0.3 is 0 Å². The zero-order valence-electron chi connectivity index (χ0n) is 10.3. The fourth-order valence-electron chi connectivity index (χ4n) is 1.58. The Balaban J connectivity index is 3.07. The maximum absolute atomic E-state index is 12.4. The normalized spacial score (nSPS) is 12.6. The molecule has 98 valence electrons. The summed E-state index contributed by atoms with van der Waals surface area (Å²) in [6, 6.07) is 1.64. The lowest BCUT2D eigenvalue weighted by Crippen LogP contribution is -2.37. The van der Waals surface area contributed by atoms with Gasteiger partial charge in [0.15, 0.2) is 0 Å². The van der Waals surface area contributed by atoms with Gasteiger partial charge in [0.25, 0.3) is 0 Å². The summed E-state index contributed by atoms with van der Waals surface area (Å²) in [5, 5.41) is 1.66. The van der Waals surface area contributed by atoms with Crippen LogP contribution in [0.4, 0.5) is 0 Å². The highest BCUT2D eigenvalue weighted by molar-refractivity contribution is 7.89. The number of halogens is 1. The van der Waals surface area contributed by atoms with Gasteiger partial charge in [0.2, 0.25) is 10.0 Å². The quantitative estimate of drug-likeness (QED) is 0.755. The summed E-state index contributed by atoms with van der Waals surface area (Å²) >= 11 is 7.08. The number of hydrogen-bond acceptors (Lipinski definition) is 3. The molecule has 0 fully saturated rings. The van der Waals surface area contributed by atoms with E-state index in [0.29, 0.717) is 17.3 Å². The molecule has 1 aromatic rings. The minimum absolute atomic E-state index is 0.0284. The van der Waals surface area contributed by atoms with Crippen LogP contribution >= 0.6 is 22.9 Å². The van der Waals surface area contributed by atoms with E-state index < -0.39 is 10.0 Å². The highest BCUT2D eigenvalue weighted by Gasteiger charge is 2.26. The fourth-order valence-corrected chi connectivity index (χ4v) is 4.68. The minimum Gasteiger partial charge on any atom is -0.207 e. The zero-order chi connectivity index (χ0) is 13.1. The van der Waals surface area contributed by atoms with Crippen molar-refractivity contribution in [2.75, 3.05) is 6.54 Å². The number of hydrogen-bond donors (Lipinski definition) is 0. The number of sulfonamides is 1. The lowest BCUT2D eigenvalue weighted by molar-refractivity contribution is 0.354. The van der Waals surface area contributed by atoms with Crippen LogP contribution in [0.2, 0.25) is 0 Å². The van der Waals surface area contributed by atoms with Gasteiger partial charge in [-0.2, -0.15) is 4.31 Å². The van der Waals surface area contributed by atoms with Crippen LogP contribution in [0.5, 0.6) is 0 Å². The monoisotopic (exact) mass is 295 g/mol. The van der Waals surface area contributed by atoms with Crippen molar-refractivity contribution in [3.8, 4) is 0 Å². The van der Waals surface area contributed by atoms with E-state index in [4.69, 9.17) is 11.6 Å². The Morgan fingerprint density at radius 3 is 2.53 bits per heavy atom. The molecule has 0 bridgehead atoms. The molecule has 6 heteroatoms. The summed E-state index contributed by atoms with van der Waals surface area (Å²) < 4.78 is 26.3. The first-order valence-electron chi connectivity index (χ1n) is 5.58. The lowest BCUT2D eigenvalue weighted by atomic mass is 10.4. The molecular formula is C11H18ClNO2S2. The Morgan fingerprint density at radius 2 is 2.12 bits per heavy atom. The van der Waals surface area contributed by atoms with Crippen molar-refractivity contribution in [3.05, 3.63) is 16.3 Å². The second-order valence-electron chi connectivity index (χ2n) is 4.09. The molecule has 0 saturated carbocycles. The van der Waals surface area contributed by atoms with E-state index in [1.165, 1.54) is 15.6 Å². The number of thiophene rings is 1. The third kappa shape index (κ3) is 3.44. The smallest absolute Gasteiger partial charge is 0.207 e. The van der Waals surface area contributed by atoms with Crippen LogP contribution in [-0.2, 0) is 15.9 Å². The number of rotatable bonds is 6. The maximum Gasteiger partial charge on any atom is 0.244 e. The van der Waals surface area contributed by atoms with E-state index in [-0.39, 0.29) is 6.04 Å². The molecule has 1 heterocycles. The van der Waals surface area contributed by atoms with Crippen molar-refractivity contribution in [1.29, 1.82) is 0 Å². The summed E-state index contributed by atoms with van der Waals surface area (Å²) in [6.07, 6.45) is 0.809. The Morgan fingerprint density at radius 1 is 1.47 bits per heavy atom. The fraction of sp³-hybridized carbons (Fsp3) is 0.636. The molecule has 1 aromatic heterocycles. The van der Waals surface area contributed by atoms with Gasteiger partial charge in [-0.1, -0.05) is 6.92 Å². The van der Waals surface area contributed by atoms with Crippen molar-refractivity contribution in [1.82, 2.24) is 4.31 Å². The standard InChI is InChI=1S/C11H18ClNO2S2/c1-4-5-13(9(2)3)17(14,15)11-6-10(7-12)16-8-11/h6,8-9H,4-5,7H2,1-3H3. The predicted octanol–water partition coefficient (Wildman–Crippen LogP) is 3.30. The molecule has 0 spiro atoms. The second-order valence-corrected chi connectivity index (χ2v) is 7.25. The first-order valence-corrected chi connectivity index (χ1v) is 8.44. The van der Waals surface area contributed by atoms with Crippen molar-refractivity contribution >= 4 is 33.0 Å². The third-order valence-corrected chi connectivity index (χ3v) is 5.97. The van der Waals surface area contributed by atoms with Gasteiger partial charge in [0.05, 0.1) is 10.8 Å². The molecule has 0 radical (unpaired) electrons. The molecule has 0 atom stereocenters. The molecule has 0 aromatic carbocycles. The number of alkyl halides is 1. The van der Waals surface area contributed by atoms with Gasteiger partial charge in [-0.15, -0.1) is 22.9 Å². The van der Waals surface area contributed by atoms with Gasteiger partial charge in [-0.25, -0.2) is 8.42 Å². The minimum atomic E-state index is -3.37. The van der Waals surface area contributed by atoms with Crippen LogP contribution in [0.1, 0.15) is 32.1 Å². The van der Waals surface area contributed by atoms with E-state index in [0.717, 1.165) is 11.3 Å². The van der Waals surface area contributed by atoms with Crippen molar-refractivity contribution < 1.29 is 8.42 Å². The highest BCUT2D eigenvalue weighted by atomic mass is 35.5. The Labute approximate surface area is 112 Å². The Bertz CT molecular complexity index is 454. The van der Waals surface area contributed by atoms with E-state index in [1.54, 1.807) is 11.4 Å². The summed E-state index contributed by atoms with van der Waals surface area (Å²) in [5.74, 6) is 0.357. The van der Waals surface area contributed by atoms with E-state index >= 15 is 0 Å². The van der Waals surface area contributed by atoms with Gasteiger partial charge in [-0.05, 0) is 26.3 Å². The zero-order valence-corrected chi connectivity index (χ0v) is 12.7. The van der Waals surface area contributed by atoms with E-state index in [2.05, 4.69) is 0 Å². The van der Waals surface area contributed by atoms with Crippen LogP contribution in [0.15, 0.2) is 16.3 Å². The Kier molecular flexibility index (Phi) is 5.44. The summed E-state index contributed by atoms with van der Waals surface area (Å²) in [4.78, 5) is 1.24. The topological polar surface area (TPSA) is 37.4 Å². The van der Waals surface area contributed by atoms with Crippen LogP contribution < -0.4 is 0 Å². The number of nitrogens with zero attached hydrogens (tertiary/aromatic N) is 1. The molecule has 0 unspecified atom stereocenters. The molecule has 0 aliphatic heterocycles. The van der Waals surface area contributed by atoms with Crippen LogP contribution in [0.3, 0.4) is 0 Å². The van der Waals surface area contributed by atoms with Gasteiger partial charge < -0.3 is 0 Å². The van der Waals surface area contributed by atoms with Crippen molar-refractivity contribution in [2.24, 2.45) is 0 Å². The molecule has 0 saturated heterocycles. The molecule has 1 rings (SSSR count).